The van der Waals surface area contributed by atoms with Gasteiger partial charge in [-0.2, -0.15) is 4.39 Å². The van der Waals surface area contributed by atoms with Crippen molar-refractivity contribution >= 4 is 11.6 Å². The van der Waals surface area contributed by atoms with Gasteiger partial charge in [0, 0.05) is 36.7 Å². The van der Waals surface area contributed by atoms with Gasteiger partial charge < -0.3 is 10.1 Å². The molecule has 2 aromatic heterocycles. The summed E-state index contributed by atoms with van der Waals surface area (Å²) in [6, 6.07) is 7.86. The molecule has 150 valence electrons. The van der Waals surface area contributed by atoms with Crippen LogP contribution in [-0.2, 0) is 16.7 Å². The Kier molecular flexibility index (Phi) is 5.95. The maximum atomic E-state index is 13.2. The fourth-order valence-corrected chi connectivity index (χ4v) is 5.10. The van der Waals surface area contributed by atoms with E-state index in [-0.39, 0.29) is 16.0 Å². The molecule has 3 heterocycles. The molecule has 1 aliphatic heterocycles. The summed E-state index contributed by atoms with van der Waals surface area (Å²) < 4.78 is 19.5. The second-order valence-electron chi connectivity index (χ2n) is 8.20. The van der Waals surface area contributed by atoms with Crippen LogP contribution >= 0.6 is 11.6 Å². The summed E-state index contributed by atoms with van der Waals surface area (Å²) in [4.78, 5) is 8.43. The number of halogens is 2. The van der Waals surface area contributed by atoms with Gasteiger partial charge in [-0.05, 0) is 62.4 Å². The molecule has 2 aromatic rings. The lowest BCUT2D eigenvalue weighted by atomic mass is 9.68. The van der Waals surface area contributed by atoms with E-state index in [1.54, 1.807) is 6.07 Å². The quantitative estimate of drug-likeness (QED) is 0.555. The Morgan fingerprint density at radius 2 is 2.04 bits per heavy atom. The minimum absolute atomic E-state index is 0.0319. The number of nitrogens with zero attached hydrogens (tertiary/aromatic N) is 2. The molecule has 1 saturated carbocycles. The van der Waals surface area contributed by atoms with Gasteiger partial charge in [0.2, 0.25) is 5.95 Å². The number of aromatic nitrogens is 2. The first-order chi connectivity index (χ1) is 13.6. The minimum Gasteiger partial charge on any atom is -0.375 e. The highest BCUT2D eigenvalue weighted by Crippen LogP contribution is 2.49. The van der Waals surface area contributed by atoms with Crippen LogP contribution in [0.5, 0.6) is 0 Å². The normalized spacial score (nSPS) is 23.9. The molecule has 6 heteroatoms. The van der Waals surface area contributed by atoms with Crippen molar-refractivity contribution < 1.29 is 9.13 Å². The fourth-order valence-electron chi connectivity index (χ4n) is 4.91. The van der Waals surface area contributed by atoms with Crippen LogP contribution in [0.25, 0.3) is 0 Å². The summed E-state index contributed by atoms with van der Waals surface area (Å²) in [5.41, 5.74) is 2.13. The topological polar surface area (TPSA) is 47.0 Å². The number of pyridine rings is 2. The first kappa shape index (κ1) is 19.7. The van der Waals surface area contributed by atoms with Gasteiger partial charge in [-0.15, -0.1) is 0 Å². The molecule has 1 spiro atoms. The van der Waals surface area contributed by atoms with E-state index in [1.165, 1.54) is 24.7 Å². The van der Waals surface area contributed by atoms with Crippen LogP contribution < -0.4 is 5.32 Å². The molecule has 2 aliphatic rings. The minimum atomic E-state index is -0.622. The molecule has 1 atom stereocenters. The van der Waals surface area contributed by atoms with E-state index < -0.39 is 5.95 Å². The average molecular weight is 404 g/mol. The van der Waals surface area contributed by atoms with Gasteiger partial charge in [0.1, 0.15) is 0 Å². The van der Waals surface area contributed by atoms with Gasteiger partial charge in [0.05, 0.1) is 10.6 Å². The van der Waals surface area contributed by atoms with Crippen LogP contribution in [0, 0.1) is 5.95 Å². The zero-order valence-corrected chi connectivity index (χ0v) is 16.8. The summed E-state index contributed by atoms with van der Waals surface area (Å²) >= 11 is 5.83. The number of rotatable bonds is 6. The molecular weight excluding hydrogens is 377 g/mol. The van der Waals surface area contributed by atoms with E-state index in [2.05, 4.69) is 22.4 Å². The van der Waals surface area contributed by atoms with Crippen LogP contribution in [-0.4, -0.2) is 28.7 Å². The van der Waals surface area contributed by atoms with Gasteiger partial charge >= 0.3 is 0 Å². The summed E-state index contributed by atoms with van der Waals surface area (Å²) in [7, 11) is 0. The molecule has 0 unspecified atom stereocenters. The second-order valence-corrected chi connectivity index (χ2v) is 8.61. The van der Waals surface area contributed by atoms with Gasteiger partial charge in [0.25, 0.3) is 0 Å². The van der Waals surface area contributed by atoms with Crippen molar-refractivity contribution in [1.82, 2.24) is 15.3 Å². The third kappa shape index (κ3) is 4.22. The van der Waals surface area contributed by atoms with E-state index in [0.29, 0.717) is 6.54 Å². The molecule has 28 heavy (non-hydrogen) atoms. The van der Waals surface area contributed by atoms with Crippen molar-refractivity contribution in [2.24, 2.45) is 0 Å². The van der Waals surface area contributed by atoms with Crippen LogP contribution in [0.4, 0.5) is 4.39 Å². The Labute approximate surface area is 170 Å². The highest BCUT2D eigenvalue weighted by Gasteiger charge is 2.48. The smallest absolute Gasteiger partial charge is 0.231 e. The van der Waals surface area contributed by atoms with Crippen molar-refractivity contribution in [2.45, 2.75) is 62.5 Å². The number of ether oxygens (including phenoxy) is 1. The predicted octanol–water partition coefficient (Wildman–Crippen LogP) is 4.81. The summed E-state index contributed by atoms with van der Waals surface area (Å²) in [5, 5.41) is 3.55. The second kappa shape index (κ2) is 8.44. The Bertz CT molecular complexity index is 798. The van der Waals surface area contributed by atoms with Crippen LogP contribution in [0.1, 0.15) is 56.2 Å². The maximum absolute atomic E-state index is 13.2. The van der Waals surface area contributed by atoms with Gasteiger partial charge in [-0.3, -0.25) is 4.98 Å². The van der Waals surface area contributed by atoms with Crippen molar-refractivity contribution in [3.8, 4) is 0 Å². The molecule has 2 fully saturated rings. The van der Waals surface area contributed by atoms with Crippen LogP contribution in [0.15, 0.2) is 36.7 Å². The maximum Gasteiger partial charge on any atom is 0.231 e. The van der Waals surface area contributed by atoms with E-state index in [1.807, 2.05) is 12.3 Å². The Morgan fingerprint density at radius 3 is 2.79 bits per heavy atom. The average Bonchev–Trinajstić information content (AvgIpc) is 3.16. The lowest BCUT2D eigenvalue weighted by Crippen LogP contribution is -2.47. The zero-order valence-electron chi connectivity index (χ0n) is 16.1. The lowest BCUT2D eigenvalue weighted by Gasteiger charge is -2.46. The van der Waals surface area contributed by atoms with E-state index in [4.69, 9.17) is 21.3 Å². The lowest BCUT2D eigenvalue weighted by molar-refractivity contribution is -0.104. The molecule has 1 aliphatic carbocycles. The molecule has 0 aromatic carbocycles. The first-order valence-electron chi connectivity index (χ1n) is 10.2. The third-order valence-corrected chi connectivity index (χ3v) is 6.60. The molecule has 4 rings (SSSR count). The molecular formula is C22H27ClFN3O. The predicted molar refractivity (Wildman–Crippen MR) is 108 cm³/mol. The number of hydrogen-bond donors (Lipinski definition) is 1. The summed E-state index contributed by atoms with van der Waals surface area (Å²) in [6.45, 7) is 2.27. The van der Waals surface area contributed by atoms with Crippen molar-refractivity contribution in [3.05, 3.63) is 58.9 Å². The monoisotopic (exact) mass is 403 g/mol. The highest BCUT2D eigenvalue weighted by molar-refractivity contribution is 6.30. The van der Waals surface area contributed by atoms with Crippen molar-refractivity contribution in [3.63, 3.8) is 0 Å². The van der Waals surface area contributed by atoms with Gasteiger partial charge in [-0.25, -0.2) is 4.98 Å². The highest BCUT2D eigenvalue weighted by atomic mass is 35.5. The van der Waals surface area contributed by atoms with Crippen molar-refractivity contribution in [2.75, 3.05) is 13.2 Å². The van der Waals surface area contributed by atoms with Crippen molar-refractivity contribution in [1.29, 1.82) is 0 Å². The standard InChI is InChI=1S/C22H27ClFN3O/c23-18-13-17(15-27-20(18)24)14-25-11-8-21(19-5-1-4-10-26-19)9-12-28-22(16-21)6-2-3-7-22/h1,4-5,10,13,15,25H,2-3,6-9,11-12,14,16H2/t21-/m0/s1. The van der Waals surface area contributed by atoms with E-state index in [0.717, 1.165) is 50.8 Å². The zero-order chi connectivity index (χ0) is 19.5. The first-order valence-corrected chi connectivity index (χ1v) is 10.5. The van der Waals surface area contributed by atoms with Gasteiger partial charge in [-0.1, -0.05) is 30.5 Å². The molecule has 4 nitrogen and oxygen atoms in total. The summed E-state index contributed by atoms with van der Waals surface area (Å²) in [6.07, 6.45) is 11.3. The molecule has 0 radical (unpaired) electrons. The molecule has 0 bridgehead atoms. The number of nitrogens with one attached hydrogen (secondary N) is 1. The van der Waals surface area contributed by atoms with Gasteiger partial charge in [0.15, 0.2) is 0 Å². The Morgan fingerprint density at radius 1 is 1.18 bits per heavy atom. The summed E-state index contributed by atoms with van der Waals surface area (Å²) in [5.74, 6) is -0.622. The van der Waals surface area contributed by atoms with E-state index in [9.17, 15) is 4.39 Å². The molecule has 1 N–H and O–H groups in total. The third-order valence-electron chi connectivity index (χ3n) is 6.33. The number of hydrogen-bond acceptors (Lipinski definition) is 4. The van der Waals surface area contributed by atoms with Crippen LogP contribution in [0.2, 0.25) is 5.02 Å². The van der Waals surface area contributed by atoms with Crippen LogP contribution in [0.3, 0.4) is 0 Å². The largest absolute Gasteiger partial charge is 0.375 e. The Hall–Kier alpha value is -1.56. The fraction of sp³-hybridized carbons (Fsp3) is 0.545. The molecule has 0 amide bonds. The molecule has 1 saturated heterocycles. The van der Waals surface area contributed by atoms with E-state index >= 15 is 0 Å². The SMILES string of the molecule is Fc1ncc(CNCC[C@]2(c3ccccn3)CCOC3(CCCC3)C2)cc1Cl. The Balaban J connectivity index is 1.45.